The molecule has 0 fully saturated rings. The molecule has 5 heteroatoms. The van der Waals surface area contributed by atoms with Crippen LogP contribution in [0, 0.1) is 6.92 Å². The molecule has 0 saturated carbocycles. The first-order valence-electron chi connectivity index (χ1n) is 7.78. The summed E-state index contributed by atoms with van der Waals surface area (Å²) in [5.41, 5.74) is 2.36. The Morgan fingerprint density at radius 2 is 1.76 bits per heavy atom. The molecule has 0 radical (unpaired) electrons. The second-order valence-corrected chi connectivity index (χ2v) is 6.68. The maximum Gasteiger partial charge on any atom is 0.270 e. The number of benzene rings is 2. The van der Waals surface area contributed by atoms with Gasteiger partial charge in [0.25, 0.3) is 5.92 Å². The van der Waals surface area contributed by atoms with E-state index in [0.717, 1.165) is 21.7 Å². The third-order valence-electron chi connectivity index (χ3n) is 3.82. The summed E-state index contributed by atoms with van der Waals surface area (Å²) < 4.78 is 35.1. The largest absolute Gasteiger partial charge is 0.356 e. The number of halogens is 3. The zero-order valence-electron chi connectivity index (χ0n) is 13.5. The third-order valence-corrected chi connectivity index (χ3v) is 4.35. The molecule has 0 aliphatic heterocycles. The van der Waals surface area contributed by atoms with Gasteiger partial charge in [-0.15, -0.1) is 0 Å². The number of aromatic nitrogens is 1. The van der Waals surface area contributed by atoms with E-state index in [9.17, 15) is 8.78 Å². The van der Waals surface area contributed by atoms with Crippen LogP contribution < -0.4 is 0 Å². The van der Waals surface area contributed by atoms with Crippen molar-refractivity contribution in [3.05, 3.63) is 82.0 Å². The quantitative estimate of drug-likeness (QED) is 0.499. The Morgan fingerprint density at radius 1 is 1.08 bits per heavy atom. The summed E-state index contributed by atoms with van der Waals surface area (Å²) >= 11 is 3.36. The molecule has 0 atom stereocenters. The monoisotopic (exact) mass is 403 g/mol. The number of hydrogen-bond acceptors (Lipinski definition) is 2. The van der Waals surface area contributed by atoms with Gasteiger partial charge in [0.05, 0.1) is 5.69 Å². The molecule has 2 nitrogen and oxygen atoms in total. The lowest BCUT2D eigenvalue weighted by Crippen LogP contribution is -2.16. The predicted molar refractivity (Wildman–Crippen MR) is 98.5 cm³/mol. The van der Waals surface area contributed by atoms with Crippen LogP contribution in [0.25, 0.3) is 17.4 Å². The van der Waals surface area contributed by atoms with Crippen LogP contribution >= 0.6 is 15.9 Å². The minimum Gasteiger partial charge on any atom is -0.356 e. The molecule has 128 valence electrons. The highest BCUT2D eigenvalue weighted by Crippen LogP contribution is 2.32. The van der Waals surface area contributed by atoms with Crippen molar-refractivity contribution >= 4 is 22.0 Å². The lowest BCUT2D eigenvalue weighted by atomic mass is 10.0. The van der Waals surface area contributed by atoms with E-state index in [-0.39, 0.29) is 0 Å². The molecular formula is C20H16BrF2NO. The van der Waals surface area contributed by atoms with Crippen LogP contribution in [0.2, 0.25) is 0 Å². The first-order chi connectivity index (χ1) is 11.9. The summed E-state index contributed by atoms with van der Waals surface area (Å²) in [7, 11) is 0. The molecule has 1 aromatic heterocycles. The lowest BCUT2D eigenvalue weighted by molar-refractivity contribution is 0.0566. The molecular weight excluding hydrogens is 388 g/mol. The van der Waals surface area contributed by atoms with Gasteiger partial charge in [-0.25, -0.2) is 8.78 Å². The molecule has 0 saturated heterocycles. The predicted octanol–water partition coefficient (Wildman–Crippen LogP) is 6.30. The highest BCUT2D eigenvalue weighted by molar-refractivity contribution is 9.10. The maximum atomic E-state index is 14.4. The Morgan fingerprint density at radius 3 is 2.44 bits per heavy atom. The number of alkyl halides is 2. The third kappa shape index (κ3) is 4.42. The molecule has 3 rings (SSSR count). The minimum absolute atomic E-state index is 0.387. The summed E-state index contributed by atoms with van der Waals surface area (Å²) in [4.78, 5) is 0. The van der Waals surface area contributed by atoms with E-state index in [4.69, 9.17) is 4.52 Å². The Bertz CT molecular complexity index is 870. The van der Waals surface area contributed by atoms with E-state index in [1.165, 1.54) is 6.08 Å². The average Bonchev–Trinajstić information content (AvgIpc) is 2.95. The number of hydrogen-bond donors (Lipinski definition) is 0. The molecule has 0 aliphatic carbocycles. The molecule has 3 aromatic rings. The van der Waals surface area contributed by atoms with E-state index in [1.54, 1.807) is 19.1 Å². The summed E-state index contributed by atoms with van der Waals surface area (Å²) in [6.07, 6.45) is 1.90. The van der Waals surface area contributed by atoms with E-state index in [1.807, 2.05) is 42.5 Å². The van der Waals surface area contributed by atoms with Gasteiger partial charge in [-0.3, -0.25) is 0 Å². The van der Waals surface area contributed by atoms with Gasteiger partial charge in [0.15, 0.2) is 5.76 Å². The fraction of sp³-hybridized carbons (Fsp3) is 0.150. The van der Waals surface area contributed by atoms with Crippen LogP contribution in [0.3, 0.4) is 0 Å². The molecule has 0 spiro atoms. The van der Waals surface area contributed by atoms with Gasteiger partial charge in [-0.2, -0.15) is 0 Å². The molecule has 0 bridgehead atoms. The number of aryl methyl sites for hydroxylation is 1. The highest BCUT2D eigenvalue weighted by Gasteiger charge is 2.30. The topological polar surface area (TPSA) is 26.0 Å². The van der Waals surface area contributed by atoms with Crippen molar-refractivity contribution in [1.82, 2.24) is 5.16 Å². The average molecular weight is 404 g/mol. The molecule has 0 unspecified atom stereocenters. The molecule has 1 heterocycles. The Kier molecular flexibility index (Phi) is 5.13. The molecule has 2 aromatic carbocycles. The lowest BCUT2D eigenvalue weighted by Gasteiger charge is -2.12. The summed E-state index contributed by atoms with van der Waals surface area (Å²) in [6, 6.07) is 16.3. The van der Waals surface area contributed by atoms with E-state index < -0.39 is 12.3 Å². The number of nitrogens with zero attached hydrogens (tertiary/aromatic N) is 1. The van der Waals surface area contributed by atoms with Gasteiger partial charge in [-0.05, 0) is 30.7 Å². The van der Waals surface area contributed by atoms with E-state index in [0.29, 0.717) is 17.0 Å². The summed E-state index contributed by atoms with van der Waals surface area (Å²) in [6.45, 7) is 1.68. The minimum atomic E-state index is -3.00. The van der Waals surface area contributed by atoms with Gasteiger partial charge in [-0.1, -0.05) is 69.6 Å². The van der Waals surface area contributed by atoms with Crippen molar-refractivity contribution in [2.24, 2.45) is 0 Å². The first-order valence-corrected chi connectivity index (χ1v) is 8.57. The zero-order chi connectivity index (χ0) is 17.9. The SMILES string of the molecule is Cc1noc(-c2ccc(Br)cc2)c1CC(F)(F)/C=C/c1ccccc1. The molecule has 25 heavy (non-hydrogen) atoms. The molecule has 0 N–H and O–H groups in total. The second kappa shape index (κ2) is 7.31. The fourth-order valence-electron chi connectivity index (χ4n) is 2.50. The summed E-state index contributed by atoms with van der Waals surface area (Å²) in [5.74, 6) is -2.62. The van der Waals surface area contributed by atoms with Crippen LogP contribution in [-0.4, -0.2) is 11.1 Å². The van der Waals surface area contributed by atoms with Crippen molar-refractivity contribution in [3.8, 4) is 11.3 Å². The Balaban J connectivity index is 1.86. The fourth-order valence-corrected chi connectivity index (χ4v) is 2.77. The second-order valence-electron chi connectivity index (χ2n) is 5.76. The standard InChI is InChI=1S/C20H16BrF2NO/c1-14-18(19(25-24-14)16-7-9-17(21)10-8-16)13-20(22,23)12-11-15-5-3-2-4-6-15/h2-12H,13H2,1H3/b12-11+. The van der Waals surface area contributed by atoms with Crippen molar-refractivity contribution in [2.75, 3.05) is 0 Å². The van der Waals surface area contributed by atoms with Gasteiger partial charge in [0, 0.05) is 22.0 Å². The normalized spacial score (nSPS) is 12.0. The summed E-state index contributed by atoms with van der Waals surface area (Å²) in [5, 5.41) is 3.87. The van der Waals surface area contributed by atoms with E-state index >= 15 is 0 Å². The maximum absolute atomic E-state index is 14.4. The Hall–Kier alpha value is -2.27. The van der Waals surface area contributed by atoms with Crippen molar-refractivity contribution in [2.45, 2.75) is 19.3 Å². The first kappa shape index (κ1) is 17.5. The van der Waals surface area contributed by atoms with Gasteiger partial charge in [0.1, 0.15) is 0 Å². The number of rotatable bonds is 5. The van der Waals surface area contributed by atoms with Crippen molar-refractivity contribution < 1.29 is 13.3 Å². The van der Waals surface area contributed by atoms with Gasteiger partial charge >= 0.3 is 0 Å². The number of allylic oxidation sites excluding steroid dienone is 1. The highest BCUT2D eigenvalue weighted by atomic mass is 79.9. The van der Waals surface area contributed by atoms with Gasteiger partial charge < -0.3 is 4.52 Å². The van der Waals surface area contributed by atoms with Crippen LogP contribution in [0.15, 0.2) is 69.7 Å². The van der Waals surface area contributed by atoms with Crippen LogP contribution in [0.1, 0.15) is 16.8 Å². The van der Waals surface area contributed by atoms with E-state index in [2.05, 4.69) is 21.1 Å². The van der Waals surface area contributed by atoms with Crippen molar-refractivity contribution in [3.63, 3.8) is 0 Å². The Labute approximate surface area is 153 Å². The molecule has 0 amide bonds. The van der Waals surface area contributed by atoms with Crippen LogP contribution in [0.4, 0.5) is 8.78 Å². The van der Waals surface area contributed by atoms with Crippen LogP contribution in [-0.2, 0) is 6.42 Å². The van der Waals surface area contributed by atoms with Crippen molar-refractivity contribution in [1.29, 1.82) is 0 Å². The zero-order valence-corrected chi connectivity index (χ0v) is 15.1. The van der Waals surface area contributed by atoms with Crippen LogP contribution in [0.5, 0.6) is 0 Å². The van der Waals surface area contributed by atoms with Gasteiger partial charge in [0.2, 0.25) is 0 Å². The smallest absolute Gasteiger partial charge is 0.270 e. The molecule has 0 aliphatic rings.